The Morgan fingerprint density at radius 3 is 2.64 bits per heavy atom. The first kappa shape index (κ1) is 24.4. The Bertz CT molecular complexity index is 1400. The fraction of sp³-hybridized carbons (Fsp3) is 0.192. The molecule has 0 aliphatic rings. The van der Waals surface area contributed by atoms with Crippen molar-refractivity contribution in [2.24, 2.45) is 0 Å². The topological polar surface area (TPSA) is 139 Å². The predicted octanol–water partition coefficient (Wildman–Crippen LogP) is 4.16. The molecule has 0 saturated heterocycles. The van der Waals surface area contributed by atoms with Gasteiger partial charge in [0.15, 0.2) is 0 Å². The van der Waals surface area contributed by atoms with Gasteiger partial charge in [0.25, 0.3) is 11.6 Å². The fourth-order valence-corrected chi connectivity index (χ4v) is 3.98. The number of nitrogens with zero attached hydrogens (tertiary/aromatic N) is 2. The molecule has 0 radical (unpaired) electrons. The summed E-state index contributed by atoms with van der Waals surface area (Å²) in [5.74, 6) is -1.25. The van der Waals surface area contributed by atoms with E-state index in [0.29, 0.717) is 5.69 Å². The number of amides is 1. The Morgan fingerprint density at radius 1 is 1.14 bits per heavy atom. The van der Waals surface area contributed by atoms with E-state index in [2.05, 4.69) is 20.6 Å². The van der Waals surface area contributed by atoms with Crippen LogP contribution in [0.4, 0.5) is 11.4 Å². The van der Waals surface area contributed by atoms with Crippen LogP contribution in [0.2, 0.25) is 0 Å². The predicted molar refractivity (Wildman–Crippen MR) is 135 cm³/mol. The normalized spacial score (nSPS) is 12.5. The molecule has 0 aliphatic heterocycles. The van der Waals surface area contributed by atoms with E-state index in [1.165, 1.54) is 25.3 Å². The Kier molecular flexibility index (Phi) is 7.24. The number of aromatic nitrogens is 2. The molecule has 1 amide bonds. The maximum absolute atomic E-state index is 13.0. The average Bonchev–Trinajstić information content (AvgIpc) is 3.31. The van der Waals surface area contributed by atoms with Crippen molar-refractivity contribution in [1.82, 2.24) is 15.3 Å². The van der Waals surface area contributed by atoms with Gasteiger partial charge in [0.1, 0.15) is 11.7 Å². The van der Waals surface area contributed by atoms with Crippen molar-refractivity contribution in [3.05, 3.63) is 100.0 Å². The van der Waals surface area contributed by atoms with Gasteiger partial charge in [-0.1, -0.05) is 24.3 Å². The second kappa shape index (κ2) is 10.7. The van der Waals surface area contributed by atoms with Gasteiger partial charge in [0.05, 0.1) is 23.8 Å². The fourth-order valence-electron chi connectivity index (χ4n) is 3.98. The Balaban J connectivity index is 1.55. The number of carbonyl (C=O) groups excluding carboxylic acids is 2. The second-order valence-corrected chi connectivity index (χ2v) is 8.22. The Morgan fingerprint density at radius 2 is 1.92 bits per heavy atom. The van der Waals surface area contributed by atoms with E-state index in [4.69, 9.17) is 4.74 Å². The number of hydrogen-bond acceptors (Lipinski definition) is 7. The largest absolute Gasteiger partial charge is 0.467 e. The summed E-state index contributed by atoms with van der Waals surface area (Å²) >= 11 is 0. The Hall–Kier alpha value is -4.73. The molecule has 2 aromatic heterocycles. The first-order valence-corrected chi connectivity index (χ1v) is 11.3. The molecule has 184 valence electrons. The number of anilines is 1. The monoisotopic (exact) mass is 487 g/mol. The molecule has 0 fully saturated rings. The number of carbonyl (C=O) groups is 2. The summed E-state index contributed by atoms with van der Waals surface area (Å²) in [7, 11) is 1.24. The summed E-state index contributed by atoms with van der Waals surface area (Å²) in [6.07, 6.45) is 3.61. The quantitative estimate of drug-likeness (QED) is 0.183. The number of hydrogen-bond donors (Lipinski definition) is 3. The first-order chi connectivity index (χ1) is 17.4. The number of aromatic amines is 1. The summed E-state index contributed by atoms with van der Waals surface area (Å²) in [6.45, 7) is 1.83. The molecule has 0 bridgehead atoms. The third-order valence-corrected chi connectivity index (χ3v) is 5.85. The van der Waals surface area contributed by atoms with Crippen LogP contribution in [-0.4, -0.2) is 39.9 Å². The standard InChI is InChI=1S/C26H25N5O5/c1-16(20-8-5-6-12-27-20)29-22-11-10-17(14-24(22)31(34)35)25(32)30-23(26(33)36-2)13-18-15-28-21-9-4-3-7-19(18)21/h3-12,14-16,23,28-29H,13H2,1-2H3,(H,30,32)/t16?,23-/m1/s1. The van der Waals surface area contributed by atoms with Gasteiger partial charge in [0, 0.05) is 41.3 Å². The molecule has 36 heavy (non-hydrogen) atoms. The molecule has 0 spiro atoms. The van der Waals surface area contributed by atoms with Crippen molar-refractivity contribution in [2.45, 2.75) is 25.4 Å². The molecule has 10 heteroatoms. The highest BCUT2D eigenvalue weighted by atomic mass is 16.6. The highest BCUT2D eigenvalue weighted by Crippen LogP contribution is 2.29. The lowest BCUT2D eigenvalue weighted by atomic mass is 10.0. The van der Waals surface area contributed by atoms with E-state index < -0.39 is 22.8 Å². The van der Waals surface area contributed by atoms with Crippen LogP contribution in [-0.2, 0) is 16.0 Å². The number of pyridine rings is 1. The van der Waals surface area contributed by atoms with E-state index in [0.717, 1.165) is 16.5 Å². The van der Waals surface area contributed by atoms with E-state index in [1.807, 2.05) is 43.3 Å². The minimum absolute atomic E-state index is 0.0468. The van der Waals surface area contributed by atoms with Crippen molar-refractivity contribution < 1.29 is 19.2 Å². The van der Waals surface area contributed by atoms with Crippen molar-refractivity contribution in [3.63, 3.8) is 0 Å². The summed E-state index contributed by atoms with van der Waals surface area (Å²) < 4.78 is 4.89. The van der Waals surface area contributed by atoms with Crippen LogP contribution in [0.5, 0.6) is 0 Å². The summed E-state index contributed by atoms with van der Waals surface area (Å²) in [6, 6.07) is 15.9. The summed E-state index contributed by atoms with van der Waals surface area (Å²) in [5, 5.41) is 18.4. The highest BCUT2D eigenvalue weighted by Gasteiger charge is 2.26. The number of nitro groups is 1. The Labute approximate surface area is 206 Å². The lowest BCUT2D eigenvalue weighted by Gasteiger charge is -2.17. The molecule has 3 N–H and O–H groups in total. The molecule has 4 rings (SSSR count). The minimum Gasteiger partial charge on any atom is -0.467 e. The van der Waals surface area contributed by atoms with Gasteiger partial charge in [0.2, 0.25) is 0 Å². The summed E-state index contributed by atoms with van der Waals surface area (Å²) in [4.78, 5) is 44.1. The van der Waals surface area contributed by atoms with Crippen molar-refractivity contribution in [2.75, 3.05) is 12.4 Å². The second-order valence-electron chi connectivity index (χ2n) is 8.22. The lowest BCUT2D eigenvalue weighted by Crippen LogP contribution is -2.43. The zero-order chi connectivity index (χ0) is 25.7. The molecule has 0 aliphatic carbocycles. The van der Waals surface area contributed by atoms with E-state index in [1.54, 1.807) is 18.5 Å². The number of methoxy groups -OCH3 is 1. The van der Waals surface area contributed by atoms with Gasteiger partial charge in [-0.15, -0.1) is 0 Å². The smallest absolute Gasteiger partial charge is 0.328 e. The number of ether oxygens (including phenoxy) is 1. The summed E-state index contributed by atoms with van der Waals surface area (Å²) in [5.41, 5.74) is 2.48. The van der Waals surface area contributed by atoms with Gasteiger partial charge in [-0.3, -0.25) is 19.9 Å². The molecule has 4 aromatic rings. The maximum Gasteiger partial charge on any atom is 0.328 e. The molecule has 2 heterocycles. The van der Waals surface area contributed by atoms with Gasteiger partial charge in [-0.25, -0.2) is 4.79 Å². The van der Waals surface area contributed by atoms with Crippen molar-refractivity contribution in [3.8, 4) is 0 Å². The maximum atomic E-state index is 13.0. The number of H-pyrrole nitrogens is 1. The third kappa shape index (κ3) is 5.33. The minimum atomic E-state index is -0.984. The molecular weight excluding hydrogens is 462 g/mol. The zero-order valence-corrected chi connectivity index (χ0v) is 19.7. The van der Waals surface area contributed by atoms with Crippen LogP contribution in [0.1, 0.15) is 34.6 Å². The molecule has 0 saturated carbocycles. The number of fused-ring (bicyclic) bond motifs is 1. The van der Waals surface area contributed by atoms with Gasteiger partial charge >= 0.3 is 5.97 Å². The van der Waals surface area contributed by atoms with Crippen LogP contribution in [0.25, 0.3) is 10.9 Å². The first-order valence-electron chi connectivity index (χ1n) is 11.3. The van der Waals surface area contributed by atoms with Crippen molar-refractivity contribution in [1.29, 1.82) is 0 Å². The number of benzene rings is 2. The number of esters is 1. The molecule has 2 atom stereocenters. The lowest BCUT2D eigenvalue weighted by molar-refractivity contribution is -0.384. The third-order valence-electron chi connectivity index (χ3n) is 5.85. The van der Waals surface area contributed by atoms with Crippen LogP contribution in [0, 0.1) is 10.1 Å². The van der Waals surface area contributed by atoms with Crippen LogP contribution < -0.4 is 10.6 Å². The SMILES string of the molecule is COC(=O)[C@@H](Cc1c[nH]c2ccccc12)NC(=O)c1ccc(NC(C)c2ccccn2)c([N+](=O)[O-])c1. The van der Waals surface area contributed by atoms with Crippen LogP contribution >= 0.6 is 0 Å². The van der Waals surface area contributed by atoms with Gasteiger partial charge < -0.3 is 20.4 Å². The zero-order valence-electron chi connectivity index (χ0n) is 19.7. The average molecular weight is 488 g/mol. The van der Waals surface area contributed by atoms with Crippen molar-refractivity contribution >= 4 is 34.2 Å². The highest BCUT2D eigenvalue weighted by molar-refractivity contribution is 5.98. The number of rotatable bonds is 9. The molecule has 10 nitrogen and oxygen atoms in total. The molecule has 1 unspecified atom stereocenters. The van der Waals surface area contributed by atoms with Crippen LogP contribution in [0.15, 0.2) is 73.1 Å². The molecule has 2 aromatic carbocycles. The number of para-hydroxylation sites is 1. The van der Waals surface area contributed by atoms with E-state index >= 15 is 0 Å². The number of nitrogens with one attached hydrogen (secondary N) is 3. The van der Waals surface area contributed by atoms with E-state index in [-0.39, 0.29) is 29.4 Å². The van der Waals surface area contributed by atoms with Gasteiger partial charge in [-0.2, -0.15) is 0 Å². The van der Waals surface area contributed by atoms with Gasteiger partial charge in [-0.05, 0) is 42.8 Å². The molecular formula is C26H25N5O5. The van der Waals surface area contributed by atoms with Crippen LogP contribution in [0.3, 0.4) is 0 Å². The number of nitro benzene ring substituents is 1. The van der Waals surface area contributed by atoms with E-state index in [9.17, 15) is 19.7 Å².